The summed E-state index contributed by atoms with van der Waals surface area (Å²) in [6.07, 6.45) is -56.5. The van der Waals surface area contributed by atoms with Crippen LogP contribution in [-0.2, 0) is 52.1 Å². The summed E-state index contributed by atoms with van der Waals surface area (Å²) >= 11 is 0. The fourth-order valence-electron chi connectivity index (χ4n) is 8.52. The van der Waals surface area contributed by atoms with Crippen LogP contribution in [0.5, 0.6) is 0 Å². The quantitative estimate of drug-likeness (QED) is 0.0683. The molecule has 30 atom stereocenters. The molecule has 20 N–H and O–H groups in total. The Bertz CT molecular complexity index is 1500. The van der Waals surface area contributed by atoms with Crippen molar-refractivity contribution in [2.45, 2.75) is 184 Å². The number of aliphatic hydroxyl groups is 20. The Kier molecular flexibility index (Phi) is 19.4. The number of hydrogen-bond acceptors (Lipinski definition) is 31. The third-order valence-electron chi connectivity index (χ3n) is 12.4. The van der Waals surface area contributed by atoms with Gasteiger partial charge in [-0.05, 0) is 0 Å². The fraction of sp³-hybridized carbons (Fsp3) is 1.00. The summed E-state index contributed by atoms with van der Waals surface area (Å²) in [6.45, 7) is -5.67. The lowest BCUT2D eigenvalue weighted by Crippen LogP contribution is -2.68. The van der Waals surface area contributed by atoms with Gasteiger partial charge >= 0.3 is 0 Å². The summed E-state index contributed by atoms with van der Waals surface area (Å²) in [5.74, 6) is 0. The van der Waals surface area contributed by atoms with E-state index in [9.17, 15) is 102 Å². The van der Waals surface area contributed by atoms with E-state index in [1.807, 2.05) is 0 Å². The molecule has 31 heteroatoms. The second-order valence-electron chi connectivity index (χ2n) is 16.8. The van der Waals surface area contributed by atoms with Gasteiger partial charge in [-0.15, -0.1) is 0 Å². The molecular weight excluding hydrogens is 928 g/mol. The number of ether oxygens (including phenoxy) is 11. The van der Waals surface area contributed by atoms with Gasteiger partial charge in [0.2, 0.25) is 0 Å². The van der Waals surface area contributed by atoms with E-state index in [0.29, 0.717) is 0 Å². The minimum atomic E-state index is -2.18. The average Bonchev–Trinajstić information content (AvgIpc) is 3.32. The summed E-state index contributed by atoms with van der Waals surface area (Å²) in [6, 6.07) is 0. The molecule has 0 aliphatic carbocycles. The molecule has 0 aromatic carbocycles. The maximum Gasteiger partial charge on any atom is 0.187 e. The third-order valence-corrected chi connectivity index (χ3v) is 12.4. The maximum atomic E-state index is 11.2. The molecule has 6 fully saturated rings. The largest absolute Gasteiger partial charge is 0.394 e. The summed E-state index contributed by atoms with van der Waals surface area (Å²) in [7, 11) is 0. The van der Waals surface area contributed by atoms with E-state index in [4.69, 9.17) is 52.1 Å². The van der Waals surface area contributed by atoms with Crippen LogP contribution in [0.1, 0.15) is 0 Å². The van der Waals surface area contributed by atoms with Crippen LogP contribution in [0, 0.1) is 0 Å². The zero-order valence-corrected chi connectivity index (χ0v) is 35.0. The van der Waals surface area contributed by atoms with Crippen molar-refractivity contribution in [2.75, 3.05) is 39.6 Å². The van der Waals surface area contributed by atoms with Crippen LogP contribution in [0.25, 0.3) is 0 Å². The van der Waals surface area contributed by atoms with Gasteiger partial charge < -0.3 is 154 Å². The Morgan fingerprint density at radius 3 is 0.687 bits per heavy atom. The van der Waals surface area contributed by atoms with E-state index in [-0.39, 0.29) is 0 Å². The molecule has 31 nitrogen and oxygen atoms in total. The van der Waals surface area contributed by atoms with Crippen molar-refractivity contribution in [1.29, 1.82) is 0 Å². The van der Waals surface area contributed by atoms with E-state index >= 15 is 0 Å². The van der Waals surface area contributed by atoms with Gasteiger partial charge in [0.1, 0.15) is 146 Å². The van der Waals surface area contributed by atoms with Crippen LogP contribution in [0.3, 0.4) is 0 Å². The highest BCUT2D eigenvalue weighted by atomic mass is 16.8. The Morgan fingerprint density at radius 1 is 0.224 bits per heavy atom. The first kappa shape index (κ1) is 55.1. The molecule has 6 saturated heterocycles. The molecule has 6 aliphatic rings. The predicted molar refractivity (Wildman–Crippen MR) is 199 cm³/mol. The first-order valence-corrected chi connectivity index (χ1v) is 21.1. The standard InChI is InChI=1S/C36H62O31/c37-1-7-13(43)14(44)21(51)32(58-7)64-27-9(3-39)60-34(23(53)16(27)46)66-29-11(5-41)62-36(25(55)18(29)48)67-30-12(6-42)61-35(24(54)19(30)49)65-28-10(4-40)59-33(22(52)17(28)47)63-26-8(2-38)57-31(56)20(50)15(26)45/h7-56H,1-6H2/t7?,8?,9?,10?,11?,12?,13-,14+,15-,16-,17-,18-,19-,20?,21?,22?,23?,24?,25?,26-,27-,28-,29-,30-,31-,32+,33+,34+,35+,36+/m1/s1. The molecule has 0 aromatic rings. The summed E-state index contributed by atoms with van der Waals surface area (Å²) < 4.78 is 60.5. The predicted octanol–water partition coefficient (Wildman–Crippen LogP) is -14.1. The Balaban J connectivity index is 1.07. The topological polar surface area (TPSA) is 506 Å². The first-order valence-electron chi connectivity index (χ1n) is 21.1. The molecule has 0 bridgehead atoms. The zero-order valence-electron chi connectivity index (χ0n) is 35.0. The number of aliphatic hydroxyl groups excluding tert-OH is 20. The molecule has 392 valence electrons. The SMILES string of the molecule is OCC1O[C@@H](O[C@@H]2C(CO)O[C@@H](O[C@@H]3C(CO)O[C@@H](O[C@@H]4C(CO)O[C@@H](O[C@@H]5C(CO)O[C@@H](O[C@@H]6C(CO)O[C@@H](O)C(O)[C@H]6O)C(O)[C@H]5O)C(O)[C@H]4O)C(O)[C@H]3O)C(O)[C@H]2O)C(O)[C@@H](O)[C@@H]1O. The highest BCUT2D eigenvalue weighted by Crippen LogP contribution is 2.36. The van der Waals surface area contributed by atoms with Crippen LogP contribution < -0.4 is 0 Å². The van der Waals surface area contributed by atoms with E-state index in [0.717, 1.165) is 0 Å². The minimum absolute atomic E-state index is 0.830. The molecule has 12 unspecified atom stereocenters. The van der Waals surface area contributed by atoms with Gasteiger partial charge in [-0.1, -0.05) is 0 Å². The van der Waals surface area contributed by atoms with Crippen LogP contribution >= 0.6 is 0 Å². The Labute approximate surface area is 378 Å². The number of rotatable bonds is 16. The Hall–Kier alpha value is -1.24. The third kappa shape index (κ3) is 11.2. The van der Waals surface area contributed by atoms with Crippen molar-refractivity contribution in [1.82, 2.24) is 0 Å². The van der Waals surface area contributed by atoms with E-state index in [1.165, 1.54) is 0 Å². The fourth-order valence-corrected chi connectivity index (χ4v) is 8.52. The molecule has 6 aliphatic heterocycles. The van der Waals surface area contributed by atoms with Gasteiger partial charge in [0.05, 0.1) is 39.6 Å². The summed E-state index contributed by atoms with van der Waals surface area (Å²) in [5.41, 5.74) is 0. The van der Waals surface area contributed by atoms with Crippen molar-refractivity contribution in [3.63, 3.8) is 0 Å². The Morgan fingerprint density at radius 2 is 0.433 bits per heavy atom. The van der Waals surface area contributed by atoms with Crippen molar-refractivity contribution in [3.8, 4) is 0 Å². The minimum Gasteiger partial charge on any atom is -0.394 e. The van der Waals surface area contributed by atoms with Crippen molar-refractivity contribution < 1.29 is 154 Å². The van der Waals surface area contributed by atoms with Crippen molar-refractivity contribution in [3.05, 3.63) is 0 Å². The maximum absolute atomic E-state index is 11.2. The number of hydrogen-bond donors (Lipinski definition) is 20. The smallest absolute Gasteiger partial charge is 0.187 e. The van der Waals surface area contributed by atoms with E-state index in [2.05, 4.69) is 0 Å². The first-order chi connectivity index (χ1) is 31.8. The molecule has 6 heterocycles. The van der Waals surface area contributed by atoms with Gasteiger partial charge in [-0.2, -0.15) is 0 Å². The van der Waals surface area contributed by atoms with Crippen molar-refractivity contribution in [2.24, 2.45) is 0 Å². The van der Waals surface area contributed by atoms with Crippen LogP contribution in [0.4, 0.5) is 0 Å². The van der Waals surface area contributed by atoms with Gasteiger partial charge in [0.15, 0.2) is 37.7 Å². The molecule has 0 radical (unpaired) electrons. The highest BCUT2D eigenvalue weighted by molar-refractivity contribution is 5.00. The second kappa shape index (κ2) is 23.5. The summed E-state index contributed by atoms with van der Waals surface area (Å²) in [5, 5.41) is 209. The lowest BCUT2D eigenvalue weighted by atomic mass is 9.95. The van der Waals surface area contributed by atoms with Gasteiger partial charge in [-0.25, -0.2) is 0 Å². The summed E-state index contributed by atoms with van der Waals surface area (Å²) in [4.78, 5) is 0. The van der Waals surface area contributed by atoms with Gasteiger partial charge in [0.25, 0.3) is 0 Å². The van der Waals surface area contributed by atoms with E-state index < -0.39 is 224 Å². The molecule has 0 amide bonds. The molecule has 67 heavy (non-hydrogen) atoms. The molecule has 0 saturated carbocycles. The van der Waals surface area contributed by atoms with E-state index in [1.54, 1.807) is 0 Å². The van der Waals surface area contributed by atoms with Crippen molar-refractivity contribution >= 4 is 0 Å². The lowest BCUT2D eigenvalue weighted by molar-refractivity contribution is -0.396. The zero-order chi connectivity index (χ0) is 49.3. The molecule has 6 rings (SSSR count). The lowest BCUT2D eigenvalue weighted by Gasteiger charge is -2.49. The monoisotopic (exact) mass is 990 g/mol. The molecule has 0 spiro atoms. The van der Waals surface area contributed by atoms with Crippen LogP contribution in [-0.4, -0.2) is 326 Å². The normalized spacial score (nSPS) is 53.4. The molecule has 0 aromatic heterocycles. The van der Waals surface area contributed by atoms with Crippen LogP contribution in [0.15, 0.2) is 0 Å². The highest BCUT2D eigenvalue weighted by Gasteiger charge is 2.57. The van der Waals surface area contributed by atoms with Gasteiger partial charge in [0, 0.05) is 0 Å². The van der Waals surface area contributed by atoms with Gasteiger partial charge in [-0.3, -0.25) is 0 Å². The van der Waals surface area contributed by atoms with Crippen LogP contribution in [0.2, 0.25) is 0 Å². The molecular formula is C36H62O31. The average molecular weight is 991 g/mol. The second-order valence-corrected chi connectivity index (χ2v) is 16.8.